The minimum Gasteiger partial charge on any atom is -0.465 e. The molecule has 1 fully saturated rings. The second kappa shape index (κ2) is 9.71. The molecule has 3 rings (SSSR count). The third-order valence-corrected chi connectivity index (χ3v) is 7.43. The molecule has 1 aromatic heterocycles. The molecule has 4 heteroatoms. The van der Waals surface area contributed by atoms with Crippen LogP contribution >= 0.6 is 11.3 Å². The molecule has 0 bridgehead atoms. The van der Waals surface area contributed by atoms with Crippen molar-refractivity contribution in [3.63, 3.8) is 0 Å². The molecule has 2 heterocycles. The minimum absolute atomic E-state index is 0.0642. The molecule has 0 aromatic carbocycles. The zero-order valence-electron chi connectivity index (χ0n) is 19.6. The predicted molar refractivity (Wildman–Crippen MR) is 127 cm³/mol. The van der Waals surface area contributed by atoms with Gasteiger partial charge >= 0.3 is 5.97 Å². The third-order valence-electron chi connectivity index (χ3n) is 6.40. The maximum atomic E-state index is 12.6. The summed E-state index contributed by atoms with van der Waals surface area (Å²) in [5.74, 6) is 7.87. The van der Waals surface area contributed by atoms with Gasteiger partial charge in [0.2, 0.25) is 0 Å². The van der Waals surface area contributed by atoms with E-state index in [1.54, 1.807) is 5.57 Å². The van der Waals surface area contributed by atoms with Gasteiger partial charge in [-0.05, 0) is 75.6 Å². The van der Waals surface area contributed by atoms with Gasteiger partial charge in [0.15, 0.2) is 0 Å². The highest BCUT2D eigenvalue weighted by molar-refractivity contribution is 7.14. The molecule has 0 radical (unpaired) electrons. The Hall–Kier alpha value is -1.57. The summed E-state index contributed by atoms with van der Waals surface area (Å²) in [5.41, 5.74) is 3.97. The van der Waals surface area contributed by atoms with Crippen LogP contribution in [0.2, 0.25) is 0 Å². The van der Waals surface area contributed by atoms with Crippen LogP contribution < -0.4 is 0 Å². The van der Waals surface area contributed by atoms with Crippen LogP contribution in [0.3, 0.4) is 0 Å². The molecule has 1 aliphatic carbocycles. The van der Waals surface area contributed by atoms with Gasteiger partial charge in [0.05, 0.1) is 12.0 Å². The number of hydrogen-bond acceptors (Lipinski definition) is 4. The highest BCUT2D eigenvalue weighted by Crippen LogP contribution is 2.42. The number of hydrogen-bond donors (Lipinski definition) is 0. The SMILES string of the molecule is CCN1CCC(c2cc(C#CC(C)(C)C)sc2C(=O)OC)=C(C2CCC(C)CC2)C1. The van der Waals surface area contributed by atoms with Gasteiger partial charge in [0, 0.05) is 24.1 Å². The monoisotopic (exact) mass is 427 g/mol. The largest absolute Gasteiger partial charge is 0.465 e. The molecule has 2 aliphatic rings. The number of esters is 1. The number of methoxy groups -OCH3 is 1. The molecule has 0 unspecified atom stereocenters. The first-order valence-electron chi connectivity index (χ1n) is 11.4. The first-order valence-corrected chi connectivity index (χ1v) is 12.2. The molecule has 0 atom stereocenters. The number of ether oxygens (including phenoxy) is 1. The van der Waals surface area contributed by atoms with Gasteiger partial charge in [-0.15, -0.1) is 11.3 Å². The Morgan fingerprint density at radius 3 is 2.57 bits per heavy atom. The highest BCUT2D eigenvalue weighted by atomic mass is 32.1. The van der Waals surface area contributed by atoms with Gasteiger partial charge < -0.3 is 4.74 Å². The summed E-state index contributed by atoms with van der Waals surface area (Å²) in [5, 5.41) is 0. The fraction of sp³-hybridized carbons (Fsp3) is 0.654. The smallest absolute Gasteiger partial charge is 0.348 e. The van der Waals surface area contributed by atoms with E-state index < -0.39 is 0 Å². The Morgan fingerprint density at radius 1 is 1.27 bits per heavy atom. The fourth-order valence-electron chi connectivity index (χ4n) is 4.58. The van der Waals surface area contributed by atoms with Crippen LogP contribution in [0.25, 0.3) is 5.57 Å². The lowest BCUT2D eigenvalue weighted by atomic mass is 9.75. The first-order chi connectivity index (χ1) is 14.2. The van der Waals surface area contributed by atoms with Gasteiger partial charge in [-0.2, -0.15) is 0 Å². The van der Waals surface area contributed by atoms with Crippen molar-refractivity contribution in [2.75, 3.05) is 26.7 Å². The molecule has 0 spiro atoms. The van der Waals surface area contributed by atoms with Gasteiger partial charge in [0.25, 0.3) is 0 Å². The zero-order chi connectivity index (χ0) is 21.9. The van der Waals surface area contributed by atoms with Crippen LogP contribution in [0, 0.1) is 29.1 Å². The molecule has 0 saturated heterocycles. The van der Waals surface area contributed by atoms with Gasteiger partial charge in [-0.1, -0.05) is 38.5 Å². The van der Waals surface area contributed by atoms with Crippen LogP contribution in [-0.2, 0) is 4.74 Å². The van der Waals surface area contributed by atoms with Crippen molar-refractivity contribution in [2.45, 2.75) is 66.7 Å². The molecule has 30 heavy (non-hydrogen) atoms. The maximum absolute atomic E-state index is 12.6. The van der Waals surface area contributed by atoms with Crippen molar-refractivity contribution in [1.29, 1.82) is 0 Å². The lowest BCUT2D eigenvalue weighted by Crippen LogP contribution is -2.34. The van der Waals surface area contributed by atoms with E-state index >= 15 is 0 Å². The summed E-state index contributed by atoms with van der Waals surface area (Å²) in [4.78, 5) is 16.9. The van der Waals surface area contributed by atoms with Gasteiger partial charge in [-0.3, -0.25) is 4.90 Å². The lowest BCUT2D eigenvalue weighted by Gasteiger charge is -2.36. The average Bonchev–Trinajstić information content (AvgIpc) is 3.15. The van der Waals surface area contributed by atoms with E-state index in [4.69, 9.17) is 4.74 Å². The molecule has 1 aromatic rings. The molecular formula is C26H37NO2S. The van der Waals surface area contributed by atoms with Crippen molar-refractivity contribution < 1.29 is 9.53 Å². The molecule has 0 amide bonds. The molecule has 164 valence electrons. The number of thiophene rings is 1. The Kier molecular flexibility index (Phi) is 7.47. The molecular weight excluding hydrogens is 390 g/mol. The Bertz CT molecular complexity index is 854. The standard InChI is InChI=1S/C26H37NO2S/c1-7-27-15-13-21(23(17-27)19-10-8-18(2)9-11-19)22-16-20(12-14-26(3,4)5)30-24(22)25(28)29-6/h16,18-19H,7-11,13,15,17H2,1-6H3. The second-order valence-corrected chi connectivity index (χ2v) is 11.0. The summed E-state index contributed by atoms with van der Waals surface area (Å²) >= 11 is 1.49. The molecule has 3 nitrogen and oxygen atoms in total. The number of rotatable bonds is 4. The van der Waals surface area contributed by atoms with E-state index in [1.165, 1.54) is 49.7 Å². The summed E-state index contributed by atoms with van der Waals surface area (Å²) in [6.45, 7) is 14.1. The zero-order valence-corrected chi connectivity index (χ0v) is 20.4. The fourth-order valence-corrected chi connectivity index (χ4v) is 5.54. The quantitative estimate of drug-likeness (QED) is 0.421. The van der Waals surface area contributed by atoms with E-state index in [1.807, 2.05) is 0 Å². The van der Waals surface area contributed by atoms with E-state index in [9.17, 15) is 4.79 Å². The Balaban J connectivity index is 2.07. The summed E-state index contributed by atoms with van der Waals surface area (Å²) < 4.78 is 5.15. The topological polar surface area (TPSA) is 29.5 Å². The number of nitrogens with zero attached hydrogens (tertiary/aromatic N) is 1. The van der Waals surface area contributed by atoms with Crippen molar-refractivity contribution in [2.24, 2.45) is 17.3 Å². The summed E-state index contributed by atoms with van der Waals surface area (Å²) in [7, 11) is 1.48. The summed E-state index contributed by atoms with van der Waals surface area (Å²) in [6.07, 6.45) is 6.16. The molecule has 1 aliphatic heterocycles. The van der Waals surface area contributed by atoms with Crippen molar-refractivity contribution in [3.8, 4) is 11.8 Å². The van der Waals surface area contributed by atoms with Crippen LogP contribution in [0.4, 0.5) is 0 Å². The third kappa shape index (κ3) is 5.56. The lowest BCUT2D eigenvalue weighted by molar-refractivity contribution is 0.0606. The van der Waals surface area contributed by atoms with Gasteiger partial charge in [-0.25, -0.2) is 4.79 Å². The summed E-state index contributed by atoms with van der Waals surface area (Å²) in [6, 6.07) is 2.15. The van der Waals surface area contributed by atoms with Crippen LogP contribution in [-0.4, -0.2) is 37.6 Å². The van der Waals surface area contributed by atoms with Crippen molar-refractivity contribution in [3.05, 3.63) is 27.0 Å². The van der Waals surface area contributed by atoms with E-state index in [-0.39, 0.29) is 11.4 Å². The van der Waals surface area contributed by atoms with E-state index in [0.29, 0.717) is 5.92 Å². The Morgan fingerprint density at radius 2 is 1.97 bits per heavy atom. The van der Waals surface area contributed by atoms with E-state index in [2.05, 4.69) is 57.4 Å². The average molecular weight is 428 g/mol. The highest BCUT2D eigenvalue weighted by Gasteiger charge is 2.30. The van der Waals surface area contributed by atoms with Crippen LogP contribution in [0.1, 0.15) is 86.8 Å². The maximum Gasteiger partial charge on any atom is 0.348 e. The van der Waals surface area contributed by atoms with Crippen LogP contribution in [0.15, 0.2) is 11.6 Å². The molecule has 0 N–H and O–H groups in total. The number of likely N-dealkylation sites (N-methyl/N-ethyl adjacent to an activating group) is 1. The minimum atomic E-state index is -0.235. The predicted octanol–water partition coefficient (Wildman–Crippen LogP) is 6.24. The number of carbonyl (C=O) groups is 1. The van der Waals surface area contributed by atoms with Crippen molar-refractivity contribution >= 4 is 22.9 Å². The molecule has 1 saturated carbocycles. The first kappa shape index (κ1) is 23.1. The second-order valence-electron chi connectivity index (χ2n) is 9.92. The van der Waals surface area contributed by atoms with Crippen LogP contribution in [0.5, 0.6) is 0 Å². The van der Waals surface area contributed by atoms with Gasteiger partial charge in [0.1, 0.15) is 4.88 Å². The number of carbonyl (C=O) groups excluding carboxylic acids is 1. The van der Waals surface area contributed by atoms with E-state index in [0.717, 1.165) is 47.3 Å². The normalized spacial score (nSPS) is 23.1. The Labute approximate surface area is 186 Å². The van der Waals surface area contributed by atoms with Crippen molar-refractivity contribution in [1.82, 2.24) is 4.90 Å².